The van der Waals surface area contributed by atoms with E-state index in [1.54, 1.807) is 12.1 Å². The highest BCUT2D eigenvalue weighted by Crippen LogP contribution is 2.49. The van der Waals surface area contributed by atoms with Gasteiger partial charge in [0, 0.05) is 32.6 Å². The second kappa shape index (κ2) is 7.25. The molecule has 144 valence electrons. The summed E-state index contributed by atoms with van der Waals surface area (Å²) in [7, 11) is -3.71. The third kappa shape index (κ3) is 3.48. The Bertz CT molecular complexity index is 869. The van der Waals surface area contributed by atoms with Gasteiger partial charge in [0.1, 0.15) is 6.07 Å². The van der Waals surface area contributed by atoms with E-state index in [1.807, 2.05) is 11.0 Å². The highest BCUT2D eigenvalue weighted by Gasteiger charge is 2.41. The molecular weight excluding hydrogens is 362 g/mol. The van der Waals surface area contributed by atoms with E-state index in [1.165, 1.54) is 42.1 Å². The van der Waals surface area contributed by atoms with Crippen LogP contribution in [-0.2, 0) is 14.8 Å². The minimum absolute atomic E-state index is 0.0502. The number of piperazine rings is 1. The van der Waals surface area contributed by atoms with Crippen molar-refractivity contribution in [1.82, 2.24) is 9.21 Å². The third-order valence-corrected chi connectivity index (χ3v) is 8.49. The zero-order valence-corrected chi connectivity index (χ0v) is 16.2. The van der Waals surface area contributed by atoms with Gasteiger partial charge >= 0.3 is 0 Å². The number of amides is 1. The Kier molecular flexibility index (Phi) is 4.95. The van der Waals surface area contributed by atoms with Crippen molar-refractivity contribution in [3.8, 4) is 6.07 Å². The predicted molar refractivity (Wildman–Crippen MR) is 100 cm³/mol. The van der Waals surface area contributed by atoms with E-state index in [2.05, 4.69) is 0 Å². The lowest BCUT2D eigenvalue weighted by Crippen LogP contribution is -2.50. The van der Waals surface area contributed by atoms with Crippen LogP contribution in [0.2, 0.25) is 0 Å². The monoisotopic (exact) mass is 387 g/mol. The van der Waals surface area contributed by atoms with Gasteiger partial charge in [-0.2, -0.15) is 9.57 Å². The first-order chi connectivity index (χ1) is 13.0. The zero-order chi connectivity index (χ0) is 19.0. The van der Waals surface area contributed by atoms with Crippen LogP contribution in [0.5, 0.6) is 0 Å². The quantitative estimate of drug-likeness (QED) is 0.793. The minimum atomic E-state index is -3.71. The molecule has 1 aliphatic heterocycles. The largest absolute Gasteiger partial charge is 0.340 e. The van der Waals surface area contributed by atoms with Crippen molar-refractivity contribution >= 4 is 15.9 Å². The van der Waals surface area contributed by atoms with Gasteiger partial charge in [0.05, 0.1) is 10.5 Å². The van der Waals surface area contributed by atoms with Gasteiger partial charge in [-0.3, -0.25) is 4.79 Å². The van der Waals surface area contributed by atoms with Crippen LogP contribution in [0.25, 0.3) is 0 Å². The summed E-state index contributed by atoms with van der Waals surface area (Å²) in [5.41, 5.74) is 0.160. The molecule has 2 bridgehead atoms. The predicted octanol–water partition coefficient (Wildman–Crippen LogP) is 2.22. The molecule has 3 fully saturated rings. The molecule has 1 aromatic rings. The topological polar surface area (TPSA) is 81.5 Å². The number of nitrogens with zero attached hydrogens (tertiary/aromatic N) is 3. The number of carbonyl (C=O) groups excluding carboxylic acids is 1. The Hall–Kier alpha value is -1.91. The molecule has 27 heavy (non-hydrogen) atoms. The summed E-state index contributed by atoms with van der Waals surface area (Å²) in [6.45, 7) is 1.41. The molecule has 0 N–H and O–H groups in total. The third-order valence-electron chi connectivity index (χ3n) is 6.54. The summed E-state index contributed by atoms with van der Waals surface area (Å²) < 4.78 is 27.2. The van der Waals surface area contributed by atoms with E-state index < -0.39 is 10.0 Å². The molecule has 0 radical (unpaired) electrons. The van der Waals surface area contributed by atoms with E-state index in [0.29, 0.717) is 25.4 Å². The molecule has 2 aliphatic carbocycles. The molecule has 2 saturated carbocycles. The number of benzene rings is 1. The number of hydrogen-bond donors (Lipinski definition) is 0. The average molecular weight is 388 g/mol. The normalized spacial score (nSPS) is 28.3. The van der Waals surface area contributed by atoms with Gasteiger partial charge in [0.25, 0.3) is 0 Å². The highest BCUT2D eigenvalue weighted by atomic mass is 32.2. The molecule has 4 rings (SSSR count). The second-order valence-corrected chi connectivity index (χ2v) is 9.94. The van der Waals surface area contributed by atoms with E-state index in [4.69, 9.17) is 0 Å². The average Bonchev–Trinajstić information content (AvgIpc) is 3.31. The van der Waals surface area contributed by atoms with Crippen LogP contribution in [0.15, 0.2) is 29.2 Å². The molecule has 6 nitrogen and oxygen atoms in total. The number of rotatable bonds is 4. The van der Waals surface area contributed by atoms with Gasteiger partial charge in [-0.25, -0.2) is 8.42 Å². The Morgan fingerprint density at radius 1 is 1.11 bits per heavy atom. The molecule has 1 aromatic carbocycles. The van der Waals surface area contributed by atoms with Crippen molar-refractivity contribution in [2.75, 3.05) is 26.2 Å². The fourth-order valence-corrected chi connectivity index (χ4v) is 6.65. The van der Waals surface area contributed by atoms with Crippen LogP contribution < -0.4 is 0 Å². The van der Waals surface area contributed by atoms with Gasteiger partial charge < -0.3 is 4.90 Å². The Morgan fingerprint density at radius 3 is 2.48 bits per heavy atom. The van der Waals surface area contributed by atoms with Crippen LogP contribution in [0, 0.1) is 29.1 Å². The van der Waals surface area contributed by atoms with E-state index in [-0.39, 0.29) is 29.5 Å². The van der Waals surface area contributed by atoms with Gasteiger partial charge in [-0.1, -0.05) is 18.6 Å². The van der Waals surface area contributed by atoms with Crippen LogP contribution >= 0.6 is 0 Å². The van der Waals surface area contributed by atoms with E-state index >= 15 is 0 Å². The van der Waals surface area contributed by atoms with Gasteiger partial charge in [-0.15, -0.1) is 0 Å². The van der Waals surface area contributed by atoms with Crippen molar-refractivity contribution in [2.24, 2.45) is 17.8 Å². The van der Waals surface area contributed by atoms with Crippen molar-refractivity contribution < 1.29 is 13.2 Å². The molecule has 0 spiro atoms. The van der Waals surface area contributed by atoms with Gasteiger partial charge in [0.15, 0.2) is 0 Å². The lowest BCUT2D eigenvalue weighted by atomic mass is 9.86. The smallest absolute Gasteiger partial charge is 0.244 e. The molecule has 3 aliphatic rings. The lowest BCUT2D eigenvalue weighted by Gasteiger charge is -2.35. The van der Waals surface area contributed by atoms with Gasteiger partial charge in [0.2, 0.25) is 15.9 Å². The Labute approximate surface area is 160 Å². The molecule has 1 heterocycles. The summed E-state index contributed by atoms with van der Waals surface area (Å²) in [6, 6.07) is 8.22. The first-order valence-corrected chi connectivity index (χ1v) is 11.2. The van der Waals surface area contributed by atoms with Crippen LogP contribution in [0.1, 0.15) is 37.7 Å². The second-order valence-electron chi connectivity index (χ2n) is 8.03. The highest BCUT2D eigenvalue weighted by molar-refractivity contribution is 7.89. The van der Waals surface area contributed by atoms with Crippen molar-refractivity contribution in [3.63, 3.8) is 0 Å². The van der Waals surface area contributed by atoms with Crippen LogP contribution in [0.3, 0.4) is 0 Å². The number of hydrogen-bond acceptors (Lipinski definition) is 4. The minimum Gasteiger partial charge on any atom is -0.340 e. The zero-order valence-electron chi connectivity index (χ0n) is 15.4. The van der Waals surface area contributed by atoms with E-state index in [0.717, 1.165) is 11.8 Å². The number of fused-ring (bicyclic) bond motifs is 2. The Morgan fingerprint density at radius 2 is 1.85 bits per heavy atom. The first kappa shape index (κ1) is 18.5. The maximum atomic E-state index is 12.9. The number of carbonyl (C=O) groups is 1. The molecule has 1 amide bonds. The fraction of sp³-hybridized carbons (Fsp3) is 0.600. The Balaban J connectivity index is 1.37. The molecule has 7 heteroatoms. The summed E-state index contributed by atoms with van der Waals surface area (Å²) in [6.07, 6.45) is 5.70. The van der Waals surface area contributed by atoms with Crippen molar-refractivity contribution in [3.05, 3.63) is 29.8 Å². The summed E-state index contributed by atoms with van der Waals surface area (Å²) in [5, 5.41) is 9.19. The maximum Gasteiger partial charge on any atom is 0.244 e. The standard InChI is InChI=1S/C20H25N3O3S/c21-14-17-3-1-2-4-19(17)27(25,26)23-9-7-22(8-10-23)20(24)13-18-12-15-5-6-16(18)11-15/h1-4,15-16,18H,5-13H2/t15-,16+,18+/m0/s1. The maximum absolute atomic E-state index is 12.9. The lowest BCUT2D eigenvalue weighted by molar-refractivity contribution is -0.133. The summed E-state index contributed by atoms with van der Waals surface area (Å²) in [4.78, 5) is 14.5. The first-order valence-electron chi connectivity index (χ1n) is 9.76. The number of sulfonamides is 1. The molecular formula is C20H25N3O3S. The molecule has 1 saturated heterocycles. The van der Waals surface area contributed by atoms with Crippen molar-refractivity contribution in [1.29, 1.82) is 5.26 Å². The van der Waals surface area contributed by atoms with Crippen molar-refractivity contribution in [2.45, 2.75) is 37.0 Å². The van der Waals surface area contributed by atoms with Crippen LogP contribution in [0.4, 0.5) is 0 Å². The van der Waals surface area contributed by atoms with E-state index in [9.17, 15) is 18.5 Å². The molecule has 0 aromatic heterocycles. The SMILES string of the molecule is N#Cc1ccccc1S(=O)(=O)N1CCN(C(=O)C[C@H]2C[C@H]3CC[C@@H]2C3)CC1. The fourth-order valence-electron chi connectivity index (χ4n) is 5.08. The molecule has 3 atom stereocenters. The summed E-state index contributed by atoms with van der Waals surface area (Å²) >= 11 is 0. The summed E-state index contributed by atoms with van der Waals surface area (Å²) in [5.74, 6) is 2.25. The van der Waals surface area contributed by atoms with Crippen LogP contribution in [-0.4, -0.2) is 49.7 Å². The van der Waals surface area contributed by atoms with Gasteiger partial charge in [-0.05, 0) is 49.1 Å². The molecule has 0 unspecified atom stereocenters. The number of nitriles is 1.